The minimum Gasteiger partial charge on any atom is -0.395 e. The smallest absolute Gasteiger partial charge is 0.164 e. The van der Waals surface area contributed by atoms with E-state index in [2.05, 4.69) is 11.0 Å². The average molecular weight is 261 g/mol. The van der Waals surface area contributed by atoms with Gasteiger partial charge in [-0.1, -0.05) is 17.2 Å². The second-order valence-electron chi connectivity index (χ2n) is 5.56. The summed E-state index contributed by atoms with van der Waals surface area (Å²) in [7, 11) is 0. The minimum absolute atomic E-state index is 0.204. The second kappa shape index (κ2) is 6.31. The van der Waals surface area contributed by atoms with Crippen molar-refractivity contribution in [3.05, 3.63) is 34.9 Å². The first kappa shape index (κ1) is 14.2. The van der Waals surface area contributed by atoms with Gasteiger partial charge in [0.05, 0.1) is 6.61 Å². The second-order valence-corrected chi connectivity index (χ2v) is 5.56. The molecule has 0 bridgehead atoms. The number of hydrogen-bond donors (Lipinski definition) is 1. The van der Waals surface area contributed by atoms with E-state index in [1.54, 1.807) is 0 Å². The summed E-state index contributed by atoms with van der Waals surface area (Å²) in [4.78, 5) is 14.4. The molecule has 0 aliphatic carbocycles. The Morgan fingerprint density at radius 2 is 2.00 bits per heavy atom. The molecule has 1 aromatic carbocycles. The standard InChI is InChI=1S/C16H23NO2/c1-12-8-13(2)10-14(9-12)16(19)5-7-17-6-3-4-15(17)11-18/h8-10,15,18H,3-7,11H2,1-2H3. The third kappa shape index (κ3) is 3.64. The molecule has 1 atom stereocenters. The lowest BCUT2D eigenvalue weighted by Crippen LogP contribution is -2.33. The zero-order valence-electron chi connectivity index (χ0n) is 11.9. The van der Waals surface area contributed by atoms with E-state index in [9.17, 15) is 9.90 Å². The van der Waals surface area contributed by atoms with E-state index in [0.29, 0.717) is 6.42 Å². The van der Waals surface area contributed by atoms with Gasteiger partial charge in [0.1, 0.15) is 0 Å². The molecular weight excluding hydrogens is 238 g/mol. The Bertz CT molecular complexity index is 436. The van der Waals surface area contributed by atoms with Crippen LogP contribution in [-0.2, 0) is 0 Å². The molecule has 1 unspecified atom stereocenters. The van der Waals surface area contributed by atoms with Crippen LogP contribution in [0.4, 0.5) is 0 Å². The fourth-order valence-electron chi connectivity index (χ4n) is 2.92. The third-order valence-corrected chi connectivity index (χ3v) is 3.88. The summed E-state index contributed by atoms with van der Waals surface area (Å²) >= 11 is 0. The maximum atomic E-state index is 12.2. The van der Waals surface area contributed by atoms with Crippen molar-refractivity contribution in [1.29, 1.82) is 0 Å². The largest absolute Gasteiger partial charge is 0.395 e. The number of carbonyl (C=O) groups is 1. The van der Waals surface area contributed by atoms with E-state index < -0.39 is 0 Å². The molecule has 104 valence electrons. The van der Waals surface area contributed by atoms with Crippen LogP contribution in [0.3, 0.4) is 0 Å². The number of aliphatic hydroxyl groups is 1. The fraction of sp³-hybridized carbons (Fsp3) is 0.562. The molecule has 3 heteroatoms. The summed E-state index contributed by atoms with van der Waals surface area (Å²) in [5.74, 6) is 0.204. The van der Waals surface area contributed by atoms with Crippen molar-refractivity contribution in [2.75, 3.05) is 19.7 Å². The molecule has 1 N–H and O–H groups in total. The lowest BCUT2D eigenvalue weighted by molar-refractivity contribution is 0.0945. The molecule has 1 saturated heterocycles. The lowest BCUT2D eigenvalue weighted by Gasteiger charge is -2.22. The number of hydrogen-bond acceptors (Lipinski definition) is 3. The first-order valence-electron chi connectivity index (χ1n) is 7.06. The Morgan fingerprint density at radius 1 is 1.32 bits per heavy atom. The molecule has 1 fully saturated rings. The van der Waals surface area contributed by atoms with Crippen LogP contribution < -0.4 is 0 Å². The summed E-state index contributed by atoms with van der Waals surface area (Å²) in [6.45, 7) is 6.01. The summed E-state index contributed by atoms with van der Waals surface area (Å²) < 4.78 is 0. The van der Waals surface area contributed by atoms with Crippen LogP contribution in [-0.4, -0.2) is 41.5 Å². The minimum atomic E-state index is 0.204. The zero-order valence-corrected chi connectivity index (χ0v) is 11.9. The highest BCUT2D eigenvalue weighted by Gasteiger charge is 2.23. The van der Waals surface area contributed by atoms with Gasteiger partial charge in [-0.25, -0.2) is 0 Å². The average Bonchev–Trinajstić information content (AvgIpc) is 2.82. The van der Waals surface area contributed by atoms with Crippen molar-refractivity contribution in [3.8, 4) is 0 Å². The van der Waals surface area contributed by atoms with Gasteiger partial charge in [0.15, 0.2) is 5.78 Å². The molecule has 0 aromatic heterocycles. The Morgan fingerprint density at radius 3 is 2.63 bits per heavy atom. The number of likely N-dealkylation sites (tertiary alicyclic amines) is 1. The molecule has 0 saturated carbocycles. The molecule has 0 spiro atoms. The maximum absolute atomic E-state index is 12.2. The molecule has 1 aliphatic rings. The van der Waals surface area contributed by atoms with Crippen molar-refractivity contribution < 1.29 is 9.90 Å². The van der Waals surface area contributed by atoms with Crippen molar-refractivity contribution in [1.82, 2.24) is 4.90 Å². The molecular formula is C16H23NO2. The highest BCUT2D eigenvalue weighted by molar-refractivity contribution is 5.96. The van der Waals surface area contributed by atoms with Crippen LogP contribution in [0.5, 0.6) is 0 Å². The predicted molar refractivity (Wildman–Crippen MR) is 76.5 cm³/mol. The highest BCUT2D eigenvalue weighted by Crippen LogP contribution is 2.18. The summed E-state index contributed by atoms with van der Waals surface area (Å²) in [5.41, 5.74) is 3.09. The molecule has 2 rings (SSSR count). The number of ketones is 1. The number of rotatable bonds is 5. The summed E-state index contributed by atoms with van der Waals surface area (Å²) in [6.07, 6.45) is 2.72. The molecule has 0 radical (unpaired) electrons. The van der Waals surface area contributed by atoms with Gasteiger partial charge < -0.3 is 5.11 Å². The van der Waals surface area contributed by atoms with Crippen LogP contribution in [0.25, 0.3) is 0 Å². The molecule has 1 heterocycles. The van der Waals surface area contributed by atoms with Crippen LogP contribution >= 0.6 is 0 Å². The monoisotopic (exact) mass is 261 g/mol. The maximum Gasteiger partial charge on any atom is 0.164 e. The van der Waals surface area contributed by atoms with Gasteiger partial charge in [-0.15, -0.1) is 0 Å². The van der Waals surface area contributed by atoms with Gasteiger partial charge in [-0.2, -0.15) is 0 Å². The lowest BCUT2D eigenvalue weighted by atomic mass is 10.0. The summed E-state index contributed by atoms with van der Waals surface area (Å²) in [5, 5.41) is 9.26. The zero-order chi connectivity index (χ0) is 13.8. The van der Waals surface area contributed by atoms with E-state index in [1.807, 2.05) is 26.0 Å². The number of aryl methyl sites for hydroxylation is 2. The normalized spacial score (nSPS) is 19.8. The summed E-state index contributed by atoms with van der Waals surface area (Å²) in [6, 6.07) is 6.26. The van der Waals surface area contributed by atoms with E-state index in [-0.39, 0.29) is 18.4 Å². The van der Waals surface area contributed by atoms with Crippen molar-refractivity contribution in [2.24, 2.45) is 0 Å². The quantitative estimate of drug-likeness (QED) is 0.827. The van der Waals surface area contributed by atoms with Crippen LogP contribution in [0.15, 0.2) is 18.2 Å². The molecule has 0 amide bonds. The fourth-order valence-corrected chi connectivity index (χ4v) is 2.92. The van der Waals surface area contributed by atoms with Gasteiger partial charge in [0.25, 0.3) is 0 Å². The Labute approximate surface area is 115 Å². The van der Waals surface area contributed by atoms with Crippen molar-refractivity contribution >= 4 is 5.78 Å². The van der Waals surface area contributed by atoms with E-state index >= 15 is 0 Å². The Kier molecular flexibility index (Phi) is 4.72. The molecule has 3 nitrogen and oxygen atoms in total. The van der Waals surface area contributed by atoms with Crippen molar-refractivity contribution in [2.45, 2.75) is 39.2 Å². The topological polar surface area (TPSA) is 40.5 Å². The van der Waals surface area contributed by atoms with Gasteiger partial charge in [0, 0.05) is 24.6 Å². The number of Topliss-reactive ketones (excluding diaryl/α,β-unsaturated/α-hetero) is 1. The number of aliphatic hydroxyl groups excluding tert-OH is 1. The first-order chi connectivity index (χ1) is 9.10. The Balaban J connectivity index is 1.94. The number of nitrogens with zero attached hydrogens (tertiary/aromatic N) is 1. The van der Waals surface area contributed by atoms with Crippen LogP contribution in [0.2, 0.25) is 0 Å². The SMILES string of the molecule is Cc1cc(C)cc(C(=O)CCN2CCCC2CO)c1. The molecule has 19 heavy (non-hydrogen) atoms. The predicted octanol–water partition coefficient (Wildman–Crippen LogP) is 2.33. The van der Waals surface area contributed by atoms with Gasteiger partial charge in [-0.3, -0.25) is 9.69 Å². The number of benzene rings is 1. The first-order valence-corrected chi connectivity index (χ1v) is 7.06. The van der Waals surface area contributed by atoms with Gasteiger partial charge >= 0.3 is 0 Å². The van der Waals surface area contributed by atoms with Gasteiger partial charge in [-0.05, 0) is 45.4 Å². The van der Waals surface area contributed by atoms with Crippen molar-refractivity contribution in [3.63, 3.8) is 0 Å². The molecule has 1 aliphatic heterocycles. The molecule has 1 aromatic rings. The number of carbonyl (C=O) groups excluding carboxylic acids is 1. The van der Waals surface area contributed by atoms with E-state index in [1.165, 1.54) is 0 Å². The van der Waals surface area contributed by atoms with Crippen LogP contribution in [0, 0.1) is 13.8 Å². The Hall–Kier alpha value is -1.19. The van der Waals surface area contributed by atoms with E-state index in [0.717, 1.165) is 42.6 Å². The third-order valence-electron chi connectivity index (χ3n) is 3.88. The van der Waals surface area contributed by atoms with Crippen LogP contribution in [0.1, 0.15) is 40.7 Å². The van der Waals surface area contributed by atoms with E-state index in [4.69, 9.17) is 0 Å². The highest BCUT2D eigenvalue weighted by atomic mass is 16.3. The van der Waals surface area contributed by atoms with Gasteiger partial charge in [0.2, 0.25) is 0 Å².